The first-order valence-corrected chi connectivity index (χ1v) is 10.6. The number of carbonyl (C=O) groups excluding carboxylic acids is 2. The van der Waals surface area contributed by atoms with Crippen molar-refractivity contribution in [3.8, 4) is 0 Å². The number of aromatic nitrogens is 1. The number of fused-ring (bicyclic) bond motifs is 3. The second kappa shape index (κ2) is 8.70. The average molecular weight is 402 g/mol. The topological polar surface area (TPSA) is 48.3 Å². The second-order valence-corrected chi connectivity index (χ2v) is 7.88. The van der Waals surface area contributed by atoms with Crippen LogP contribution in [0, 0.1) is 0 Å². The number of nitrogens with zero attached hydrogens (tertiary/aromatic N) is 1. The smallest absolute Gasteiger partial charge is 0.338 e. The van der Waals surface area contributed by atoms with Gasteiger partial charge >= 0.3 is 5.97 Å². The van der Waals surface area contributed by atoms with Crippen LogP contribution in [0.1, 0.15) is 71.0 Å². The van der Waals surface area contributed by atoms with E-state index in [-0.39, 0.29) is 5.78 Å². The first-order chi connectivity index (χ1) is 14.6. The maximum absolute atomic E-state index is 13.3. The number of hydrogen-bond donors (Lipinski definition) is 0. The van der Waals surface area contributed by atoms with Crippen LogP contribution in [0.25, 0.3) is 17.0 Å². The lowest BCUT2D eigenvalue weighted by Crippen LogP contribution is -2.11. The minimum Gasteiger partial charge on any atom is -0.465 e. The Kier molecular flexibility index (Phi) is 5.84. The second-order valence-electron chi connectivity index (χ2n) is 7.88. The Labute approximate surface area is 177 Å². The molecule has 3 aromatic rings. The van der Waals surface area contributed by atoms with Crippen LogP contribution in [-0.2, 0) is 11.3 Å². The molecule has 0 radical (unpaired) electrons. The van der Waals surface area contributed by atoms with Crippen molar-refractivity contribution in [3.63, 3.8) is 0 Å². The maximum atomic E-state index is 13.3. The van der Waals surface area contributed by atoms with E-state index in [4.69, 9.17) is 4.74 Å². The lowest BCUT2D eigenvalue weighted by molar-refractivity contribution is 0.0603. The zero-order valence-electron chi connectivity index (χ0n) is 17.6. The minimum absolute atomic E-state index is 0.0900. The molecule has 0 spiro atoms. The zero-order chi connectivity index (χ0) is 21.1. The van der Waals surface area contributed by atoms with Crippen molar-refractivity contribution < 1.29 is 14.3 Å². The molecule has 30 heavy (non-hydrogen) atoms. The molecule has 0 bridgehead atoms. The van der Waals surface area contributed by atoms with Crippen molar-refractivity contribution in [2.75, 3.05) is 7.11 Å². The van der Waals surface area contributed by atoms with Gasteiger partial charge in [0.2, 0.25) is 0 Å². The van der Waals surface area contributed by atoms with Crippen molar-refractivity contribution in [2.24, 2.45) is 0 Å². The van der Waals surface area contributed by atoms with E-state index in [0.29, 0.717) is 29.5 Å². The van der Waals surface area contributed by atoms with Crippen LogP contribution in [0.15, 0.2) is 54.1 Å². The number of rotatable bonds is 7. The molecular weight excluding hydrogens is 374 g/mol. The number of methoxy groups -OCH3 is 1. The molecule has 0 saturated carbocycles. The predicted molar refractivity (Wildman–Crippen MR) is 120 cm³/mol. The van der Waals surface area contributed by atoms with Gasteiger partial charge in [-0.25, -0.2) is 4.79 Å². The van der Waals surface area contributed by atoms with E-state index in [1.165, 1.54) is 12.7 Å². The molecule has 1 aliphatic rings. The molecule has 154 valence electrons. The molecule has 0 aliphatic heterocycles. The molecule has 0 N–H and O–H groups in total. The number of carbonyl (C=O) groups is 2. The lowest BCUT2D eigenvalue weighted by atomic mass is 9.90. The van der Waals surface area contributed by atoms with Crippen molar-refractivity contribution in [1.82, 2.24) is 4.57 Å². The fourth-order valence-electron chi connectivity index (χ4n) is 4.37. The number of unbranched alkanes of at least 4 members (excludes halogenated alkanes) is 2. The van der Waals surface area contributed by atoms with Crippen LogP contribution in [0.4, 0.5) is 0 Å². The molecule has 0 saturated heterocycles. The Morgan fingerprint density at radius 1 is 1.07 bits per heavy atom. The lowest BCUT2D eigenvalue weighted by Gasteiger charge is -2.16. The highest BCUT2D eigenvalue weighted by Gasteiger charge is 2.29. The fourth-order valence-corrected chi connectivity index (χ4v) is 4.37. The van der Waals surface area contributed by atoms with Gasteiger partial charge in [0.15, 0.2) is 5.78 Å². The van der Waals surface area contributed by atoms with E-state index in [9.17, 15) is 9.59 Å². The molecule has 4 heteroatoms. The largest absolute Gasteiger partial charge is 0.465 e. The van der Waals surface area contributed by atoms with Gasteiger partial charge in [0, 0.05) is 18.4 Å². The normalized spacial score (nSPS) is 13.3. The molecule has 0 unspecified atom stereocenters. The van der Waals surface area contributed by atoms with Gasteiger partial charge in [0.25, 0.3) is 0 Å². The standard InChI is InChI=1S/C26H27NO3/c1-3-4-6-12-19-15-22-25(23(28)16-19)24-20(26(29)30-2)13-9-14-21(24)27(22)17-18-10-7-5-8-11-18/h5,7-11,13-15H,3-4,6,12,16-17H2,1-2H3. The van der Waals surface area contributed by atoms with Crippen molar-refractivity contribution in [1.29, 1.82) is 0 Å². The summed E-state index contributed by atoms with van der Waals surface area (Å²) in [6.45, 7) is 2.83. The number of allylic oxidation sites excluding steroid dienone is 1. The summed E-state index contributed by atoms with van der Waals surface area (Å²) in [6, 6.07) is 15.8. The summed E-state index contributed by atoms with van der Waals surface area (Å²) in [5.41, 5.74) is 5.24. The van der Waals surface area contributed by atoms with Gasteiger partial charge in [-0.3, -0.25) is 4.79 Å². The summed E-state index contributed by atoms with van der Waals surface area (Å²) in [7, 11) is 1.38. The monoisotopic (exact) mass is 401 g/mol. The number of Topliss-reactive ketones (excluding diaryl/α,β-unsaturated/α-hetero) is 1. The molecule has 4 nitrogen and oxygen atoms in total. The summed E-state index contributed by atoms with van der Waals surface area (Å²) in [5, 5.41) is 0.712. The first-order valence-electron chi connectivity index (χ1n) is 10.6. The maximum Gasteiger partial charge on any atom is 0.338 e. The van der Waals surface area contributed by atoms with Gasteiger partial charge in [0.1, 0.15) is 0 Å². The van der Waals surface area contributed by atoms with Crippen LogP contribution >= 0.6 is 0 Å². The highest BCUT2D eigenvalue weighted by atomic mass is 16.5. The Morgan fingerprint density at radius 2 is 1.87 bits per heavy atom. The first kappa shape index (κ1) is 20.1. The molecule has 2 aromatic carbocycles. The molecular formula is C26H27NO3. The van der Waals surface area contributed by atoms with E-state index in [0.717, 1.165) is 42.5 Å². The molecule has 0 atom stereocenters. The van der Waals surface area contributed by atoms with Gasteiger partial charge in [-0.15, -0.1) is 0 Å². The van der Waals surface area contributed by atoms with Crippen LogP contribution in [0.2, 0.25) is 0 Å². The van der Waals surface area contributed by atoms with Crippen LogP contribution in [0.3, 0.4) is 0 Å². The Balaban J connectivity index is 1.92. The number of esters is 1. The predicted octanol–water partition coefficient (Wildman–Crippen LogP) is 6.03. The quantitative estimate of drug-likeness (QED) is 0.359. The summed E-state index contributed by atoms with van der Waals surface area (Å²) >= 11 is 0. The van der Waals surface area contributed by atoms with Crippen molar-refractivity contribution >= 4 is 28.7 Å². The average Bonchev–Trinajstić information content (AvgIpc) is 3.08. The molecule has 1 heterocycles. The van der Waals surface area contributed by atoms with E-state index in [2.05, 4.69) is 29.7 Å². The third kappa shape index (κ3) is 3.70. The summed E-state index contributed by atoms with van der Waals surface area (Å²) in [4.78, 5) is 25.7. The van der Waals surface area contributed by atoms with Gasteiger partial charge < -0.3 is 9.30 Å². The molecule has 1 aliphatic carbocycles. The van der Waals surface area contributed by atoms with Gasteiger partial charge in [-0.05, 0) is 36.6 Å². The van der Waals surface area contributed by atoms with Crippen LogP contribution < -0.4 is 0 Å². The summed E-state index contributed by atoms with van der Waals surface area (Å²) in [6.07, 6.45) is 6.96. The number of ketones is 1. The molecule has 1 aromatic heterocycles. The fraction of sp³-hybridized carbons (Fsp3) is 0.308. The Morgan fingerprint density at radius 3 is 2.60 bits per heavy atom. The minimum atomic E-state index is -0.411. The number of hydrogen-bond acceptors (Lipinski definition) is 3. The van der Waals surface area contributed by atoms with Gasteiger partial charge in [-0.1, -0.05) is 61.7 Å². The molecule has 4 rings (SSSR count). The number of ether oxygens (including phenoxy) is 1. The summed E-state index contributed by atoms with van der Waals surface area (Å²) in [5.74, 6) is -0.321. The Hall–Kier alpha value is -3.14. The third-order valence-corrected chi connectivity index (χ3v) is 5.83. The van der Waals surface area contributed by atoms with Crippen molar-refractivity contribution in [2.45, 2.75) is 45.6 Å². The Bertz CT molecular complexity index is 1120. The molecule has 0 fully saturated rings. The van der Waals surface area contributed by atoms with E-state index in [1.54, 1.807) is 6.07 Å². The highest BCUT2D eigenvalue weighted by Crippen LogP contribution is 2.37. The SMILES string of the molecule is CCCCCC1=Cc2c(c3c(C(=O)OC)cccc3n2Cc2ccccc2)C(=O)C1. The van der Waals surface area contributed by atoms with E-state index in [1.807, 2.05) is 30.3 Å². The van der Waals surface area contributed by atoms with E-state index < -0.39 is 5.97 Å². The van der Waals surface area contributed by atoms with Crippen molar-refractivity contribution in [3.05, 3.63) is 76.5 Å². The van der Waals surface area contributed by atoms with Gasteiger partial charge in [-0.2, -0.15) is 0 Å². The zero-order valence-corrected chi connectivity index (χ0v) is 17.6. The third-order valence-electron chi connectivity index (χ3n) is 5.83. The highest BCUT2D eigenvalue weighted by molar-refractivity contribution is 6.19. The number of benzene rings is 2. The summed E-state index contributed by atoms with van der Waals surface area (Å²) < 4.78 is 7.18. The van der Waals surface area contributed by atoms with E-state index >= 15 is 0 Å². The van der Waals surface area contributed by atoms with Gasteiger partial charge in [0.05, 0.1) is 29.4 Å². The molecule has 0 amide bonds. The van der Waals surface area contributed by atoms with Crippen LogP contribution in [-0.4, -0.2) is 23.4 Å². The van der Waals surface area contributed by atoms with Crippen LogP contribution in [0.5, 0.6) is 0 Å².